The molecule has 0 radical (unpaired) electrons. The third-order valence-corrected chi connectivity index (χ3v) is 5.42. The van der Waals surface area contributed by atoms with Gasteiger partial charge in [-0.3, -0.25) is 14.9 Å². The number of anilines is 1. The number of carbonyl (C=O) groups is 1. The summed E-state index contributed by atoms with van der Waals surface area (Å²) in [6, 6.07) is 13.9. The van der Waals surface area contributed by atoms with Crippen LogP contribution in [0.2, 0.25) is 0 Å². The van der Waals surface area contributed by atoms with Gasteiger partial charge in [-0.05, 0) is 25.1 Å². The van der Waals surface area contributed by atoms with Gasteiger partial charge in [-0.2, -0.15) is 0 Å². The fourth-order valence-electron chi connectivity index (χ4n) is 2.59. The van der Waals surface area contributed by atoms with Crippen LogP contribution >= 0.6 is 11.3 Å². The van der Waals surface area contributed by atoms with Gasteiger partial charge >= 0.3 is 0 Å². The van der Waals surface area contributed by atoms with Crippen molar-refractivity contribution in [3.8, 4) is 0 Å². The number of amides is 1. The summed E-state index contributed by atoms with van der Waals surface area (Å²) in [5.74, 6) is -0.198. The zero-order chi connectivity index (χ0) is 18.7. The average molecular weight is 371 g/mol. The Morgan fingerprint density at radius 2 is 2.08 bits per heavy atom. The molecule has 0 saturated carbocycles. The van der Waals surface area contributed by atoms with Crippen molar-refractivity contribution in [3.63, 3.8) is 0 Å². The van der Waals surface area contributed by atoms with Crippen LogP contribution in [0.25, 0.3) is 10.2 Å². The summed E-state index contributed by atoms with van der Waals surface area (Å²) < 4.78 is 1.13. The Balaban J connectivity index is 1.64. The standard InChI is InChI=1S/C18H18N4O3S/c1-12(18-20-15-8-3-4-9-16(15)26-18)21(2)11-17(23)19-13-6-5-7-14(10-13)22(24)25/h3-10,12H,11H2,1-2H3,(H,19,23)/p+1/t12-/m0/s1. The van der Waals surface area contributed by atoms with Gasteiger partial charge in [0.05, 0.1) is 22.2 Å². The Morgan fingerprint density at radius 1 is 1.31 bits per heavy atom. The first-order valence-electron chi connectivity index (χ1n) is 8.16. The molecule has 2 atom stereocenters. The van der Waals surface area contributed by atoms with E-state index < -0.39 is 4.92 Å². The highest BCUT2D eigenvalue weighted by Crippen LogP contribution is 2.24. The lowest BCUT2D eigenvalue weighted by molar-refractivity contribution is -0.902. The number of hydrogen-bond acceptors (Lipinski definition) is 5. The third kappa shape index (κ3) is 4.04. The van der Waals surface area contributed by atoms with Gasteiger partial charge < -0.3 is 10.2 Å². The molecular weight excluding hydrogens is 352 g/mol. The molecule has 2 N–H and O–H groups in total. The van der Waals surface area contributed by atoms with Crippen molar-refractivity contribution in [2.24, 2.45) is 0 Å². The Kier molecular flexibility index (Phi) is 5.24. The van der Waals surface area contributed by atoms with Crippen LogP contribution < -0.4 is 10.2 Å². The van der Waals surface area contributed by atoms with Crippen LogP contribution in [0.5, 0.6) is 0 Å². The van der Waals surface area contributed by atoms with E-state index in [0.29, 0.717) is 5.69 Å². The number of carbonyl (C=O) groups excluding carboxylic acids is 1. The fourth-order valence-corrected chi connectivity index (χ4v) is 3.71. The Morgan fingerprint density at radius 3 is 2.81 bits per heavy atom. The molecule has 0 bridgehead atoms. The lowest BCUT2D eigenvalue weighted by atomic mass is 10.2. The molecular formula is C18H19N4O3S+. The largest absolute Gasteiger partial charge is 0.322 e. The van der Waals surface area contributed by atoms with Crippen LogP contribution in [0, 0.1) is 10.1 Å². The van der Waals surface area contributed by atoms with Crippen molar-refractivity contribution < 1.29 is 14.6 Å². The molecule has 134 valence electrons. The van der Waals surface area contributed by atoms with E-state index in [2.05, 4.69) is 10.3 Å². The van der Waals surface area contributed by atoms with Crippen molar-refractivity contribution in [3.05, 3.63) is 63.7 Å². The van der Waals surface area contributed by atoms with Crippen molar-refractivity contribution in [2.45, 2.75) is 13.0 Å². The highest BCUT2D eigenvalue weighted by Gasteiger charge is 2.22. The fraction of sp³-hybridized carbons (Fsp3) is 0.222. The van der Waals surface area contributed by atoms with E-state index in [9.17, 15) is 14.9 Å². The molecule has 1 aromatic heterocycles. The number of quaternary nitrogens is 1. The van der Waals surface area contributed by atoms with E-state index in [1.165, 1.54) is 12.1 Å². The number of rotatable bonds is 6. The summed E-state index contributed by atoms with van der Waals surface area (Å²) in [5.41, 5.74) is 1.34. The van der Waals surface area contributed by atoms with Crippen LogP contribution in [0.4, 0.5) is 11.4 Å². The van der Waals surface area contributed by atoms with Crippen molar-refractivity contribution >= 4 is 38.8 Å². The molecule has 3 rings (SSSR count). The number of nitrogens with zero attached hydrogens (tertiary/aromatic N) is 2. The quantitative estimate of drug-likeness (QED) is 0.514. The second-order valence-corrected chi connectivity index (χ2v) is 7.18. The Bertz CT molecular complexity index is 923. The van der Waals surface area contributed by atoms with Gasteiger partial charge in [-0.15, -0.1) is 11.3 Å². The molecule has 1 heterocycles. The lowest BCUT2D eigenvalue weighted by Crippen LogP contribution is -3.10. The number of thiazole rings is 1. The van der Waals surface area contributed by atoms with Crippen LogP contribution in [-0.2, 0) is 4.79 Å². The van der Waals surface area contributed by atoms with E-state index in [4.69, 9.17) is 0 Å². The summed E-state index contributed by atoms with van der Waals surface area (Å²) in [7, 11) is 1.93. The van der Waals surface area contributed by atoms with Gasteiger partial charge in [0, 0.05) is 17.8 Å². The molecule has 3 aromatic rings. The first-order valence-corrected chi connectivity index (χ1v) is 8.98. The first-order chi connectivity index (χ1) is 12.4. The summed E-state index contributed by atoms with van der Waals surface area (Å²) in [6.07, 6.45) is 0. The minimum absolute atomic E-state index is 0.0497. The van der Waals surface area contributed by atoms with Gasteiger partial charge in [-0.1, -0.05) is 18.2 Å². The highest BCUT2D eigenvalue weighted by molar-refractivity contribution is 7.18. The van der Waals surface area contributed by atoms with Gasteiger partial charge in [-0.25, -0.2) is 4.98 Å². The van der Waals surface area contributed by atoms with Crippen molar-refractivity contribution in [1.82, 2.24) is 4.98 Å². The predicted octanol–water partition coefficient (Wildman–Crippen LogP) is 2.42. The van der Waals surface area contributed by atoms with Crippen LogP contribution in [0.15, 0.2) is 48.5 Å². The minimum atomic E-state index is -0.484. The number of aromatic nitrogens is 1. The lowest BCUT2D eigenvalue weighted by Gasteiger charge is -2.19. The smallest absolute Gasteiger partial charge is 0.279 e. The number of likely N-dealkylation sites (N-methyl/N-ethyl adjacent to an activating group) is 1. The average Bonchev–Trinajstić information content (AvgIpc) is 3.05. The van der Waals surface area contributed by atoms with Gasteiger partial charge in [0.2, 0.25) is 0 Å². The van der Waals surface area contributed by atoms with Gasteiger partial charge in [0.15, 0.2) is 11.6 Å². The second kappa shape index (κ2) is 7.59. The second-order valence-electron chi connectivity index (χ2n) is 6.12. The number of benzene rings is 2. The number of nitrogens with one attached hydrogen (secondary N) is 2. The molecule has 0 aliphatic rings. The molecule has 0 aliphatic carbocycles. The van der Waals surface area contributed by atoms with E-state index in [1.54, 1.807) is 23.5 Å². The van der Waals surface area contributed by atoms with Crippen LogP contribution in [0.3, 0.4) is 0 Å². The Labute approximate surface area is 154 Å². The maximum Gasteiger partial charge on any atom is 0.279 e. The number of nitro benzene ring substituents is 1. The summed E-state index contributed by atoms with van der Waals surface area (Å²) in [5, 5.41) is 14.5. The molecule has 0 saturated heterocycles. The topological polar surface area (TPSA) is 89.6 Å². The number of nitro groups is 1. The third-order valence-electron chi connectivity index (χ3n) is 4.20. The Hall–Kier alpha value is -2.84. The normalized spacial score (nSPS) is 13.3. The van der Waals surface area contributed by atoms with Gasteiger partial charge in [0.25, 0.3) is 11.6 Å². The van der Waals surface area contributed by atoms with E-state index in [0.717, 1.165) is 20.1 Å². The predicted molar refractivity (Wildman–Crippen MR) is 102 cm³/mol. The molecule has 7 nitrogen and oxygen atoms in total. The number of non-ortho nitro benzene ring substituents is 1. The molecule has 1 unspecified atom stereocenters. The molecule has 8 heteroatoms. The SMILES string of the molecule is C[C@@H](c1nc2ccccc2s1)[NH+](C)CC(=O)Nc1cccc([N+](=O)[O-])c1. The minimum Gasteiger partial charge on any atom is -0.322 e. The first kappa shape index (κ1) is 18.0. The monoisotopic (exact) mass is 371 g/mol. The summed E-state index contributed by atoms with van der Waals surface area (Å²) in [4.78, 5) is 28.3. The molecule has 1 amide bonds. The van der Waals surface area contributed by atoms with Crippen LogP contribution in [0.1, 0.15) is 18.0 Å². The maximum atomic E-state index is 12.3. The van der Waals surface area contributed by atoms with E-state index in [-0.39, 0.29) is 24.2 Å². The van der Waals surface area contributed by atoms with Crippen molar-refractivity contribution in [2.75, 3.05) is 18.9 Å². The number of hydrogen-bond donors (Lipinski definition) is 2. The zero-order valence-corrected chi connectivity index (χ0v) is 15.2. The molecule has 2 aromatic carbocycles. The molecule has 0 fully saturated rings. The molecule has 0 spiro atoms. The zero-order valence-electron chi connectivity index (χ0n) is 14.4. The molecule has 0 aliphatic heterocycles. The summed E-state index contributed by atoms with van der Waals surface area (Å²) >= 11 is 1.63. The number of fused-ring (bicyclic) bond motifs is 1. The molecule has 26 heavy (non-hydrogen) atoms. The number of para-hydroxylation sites is 1. The van der Waals surface area contributed by atoms with Crippen LogP contribution in [-0.4, -0.2) is 29.4 Å². The van der Waals surface area contributed by atoms with Crippen molar-refractivity contribution in [1.29, 1.82) is 0 Å². The highest BCUT2D eigenvalue weighted by atomic mass is 32.1. The summed E-state index contributed by atoms with van der Waals surface area (Å²) in [6.45, 7) is 2.27. The van der Waals surface area contributed by atoms with Gasteiger partial charge in [0.1, 0.15) is 6.04 Å². The maximum absolute atomic E-state index is 12.3. The van der Waals surface area contributed by atoms with E-state index in [1.807, 2.05) is 38.2 Å². The van der Waals surface area contributed by atoms with E-state index >= 15 is 0 Å².